The Kier molecular flexibility index (Phi) is 36.7. The minimum absolute atomic E-state index is 0.169. The number of unbranched alkanes of at least 4 members (excludes halogenated alkanes) is 16. The second-order valence-corrected chi connectivity index (χ2v) is 12.2. The Morgan fingerprint density at radius 3 is 1.02 bits per heavy atom. The first-order valence-electron chi connectivity index (χ1n) is 19.6. The number of amides is 2. The molecule has 2 N–H and O–H groups in total. The first-order valence-corrected chi connectivity index (χ1v) is 19.6. The third kappa shape index (κ3) is 39.6. The highest BCUT2D eigenvalue weighted by atomic mass is 16.6. The van der Waals surface area contributed by atoms with Crippen LogP contribution in [0.25, 0.3) is 0 Å². The van der Waals surface area contributed by atoms with E-state index in [1.807, 2.05) is 13.8 Å². The molecule has 0 aliphatic rings. The summed E-state index contributed by atoms with van der Waals surface area (Å²) in [7, 11) is 0. The van der Waals surface area contributed by atoms with Gasteiger partial charge in [0.2, 0.25) is 0 Å². The molecule has 0 spiro atoms. The first-order chi connectivity index (χ1) is 26.5. The summed E-state index contributed by atoms with van der Waals surface area (Å²) in [6.45, 7) is 5.11. The van der Waals surface area contributed by atoms with Gasteiger partial charge in [-0.1, -0.05) is 103 Å². The zero-order valence-corrected chi connectivity index (χ0v) is 32.7. The van der Waals surface area contributed by atoms with Gasteiger partial charge in [0.15, 0.2) is 0 Å². The van der Waals surface area contributed by atoms with Crippen LogP contribution in [0, 0.1) is 71.0 Å². The number of hydrogen-bond acceptors (Lipinski definition) is 8. The van der Waals surface area contributed by atoms with Gasteiger partial charge in [-0.15, -0.1) is 0 Å². The third-order valence-corrected chi connectivity index (χ3v) is 7.37. The molecule has 0 saturated heterocycles. The summed E-state index contributed by atoms with van der Waals surface area (Å²) in [5.74, 6) is 32.1. The molecule has 0 heterocycles. The summed E-state index contributed by atoms with van der Waals surface area (Å²) in [5, 5.41) is 4.81. The van der Waals surface area contributed by atoms with Gasteiger partial charge >= 0.3 is 24.1 Å². The van der Waals surface area contributed by atoms with Crippen LogP contribution in [-0.2, 0) is 28.5 Å². The lowest BCUT2D eigenvalue weighted by Crippen LogP contribution is -2.31. The quantitative estimate of drug-likeness (QED) is 0.0368. The van der Waals surface area contributed by atoms with Crippen LogP contribution in [0.5, 0.6) is 0 Å². The summed E-state index contributed by atoms with van der Waals surface area (Å²) >= 11 is 0. The average Bonchev–Trinajstić information content (AvgIpc) is 3.16. The van der Waals surface area contributed by atoms with Crippen LogP contribution in [-0.4, -0.2) is 63.6 Å². The molecular formula is C44H60N2O8. The van der Waals surface area contributed by atoms with Crippen molar-refractivity contribution in [3.63, 3.8) is 0 Å². The van der Waals surface area contributed by atoms with E-state index in [1.54, 1.807) is 0 Å². The molecule has 0 aliphatic heterocycles. The molecule has 54 heavy (non-hydrogen) atoms. The van der Waals surface area contributed by atoms with Gasteiger partial charge in [-0.2, -0.15) is 0 Å². The van der Waals surface area contributed by atoms with Crippen LogP contribution in [0.1, 0.15) is 142 Å². The summed E-state index contributed by atoms with van der Waals surface area (Å²) in [4.78, 5) is 46.0. The van der Waals surface area contributed by atoms with E-state index in [0.717, 1.165) is 128 Å². The Bertz CT molecular complexity index is 1320. The maximum atomic E-state index is 11.6. The fourth-order valence-corrected chi connectivity index (χ4v) is 4.35. The Morgan fingerprint density at radius 2 is 0.667 bits per heavy atom. The van der Waals surface area contributed by atoms with Gasteiger partial charge in [0.05, 0.1) is 26.4 Å². The normalized spacial score (nSPS) is 9.15. The van der Waals surface area contributed by atoms with E-state index in [-0.39, 0.29) is 13.1 Å². The lowest BCUT2D eigenvalue weighted by molar-refractivity contribution is -0.143. The Morgan fingerprint density at radius 1 is 0.370 bits per heavy atom. The predicted octanol–water partition coefficient (Wildman–Crippen LogP) is 7.39. The van der Waals surface area contributed by atoms with Gasteiger partial charge in [-0.05, 0) is 97.7 Å². The maximum Gasteiger partial charge on any atom is 0.407 e. The molecule has 0 aliphatic carbocycles. The van der Waals surface area contributed by atoms with Crippen LogP contribution < -0.4 is 10.6 Å². The van der Waals surface area contributed by atoms with Gasteiger partial charge < -0.3 is 29.6 Å². The molecule has 0 atom stereocenters. The number of rotatable bonds is 28. The highest BCUT2D eigenvalue weighted by Gasteiger charge is 2.08. The molecule has 2 amide bonds. The Labute approximate surface area is 325 Å². The minimum Gasteiger partial charge on any atom is -0.464 e. The highest BCUT2D eigenvalue weighted by Crippen LogP contribution is 2.09. The smallest absolute Gasteiger partial charge is 0.407 e. The second-order valence-electron chi connectivity index (χ2n) is 12.2. The van der Waals surface area contributed by atoms with Crippen LogP contribution in [0.4, 0.5) is 9.59 Å². The molecule has 0 aromatic carbocycles. The molecule has 0 bridgehead atoms. The standard InChI is InChI=1S/C44H60N2O8/c1-3-5-35-51-41(47)39-45-43(49)53-37-33-31-29-27-25-23-21-19-17-15-13-11-9-7-8-10-12-14-16-18-20-22-24-26-28-30-32-34-38-54-44(50)46-40-42(48)52-36-6-4-2/h3-6,19-40H2,1-2H3,(H,45,49)(H,46,50). The molecule has 0 aromatic heterocycles. The van der Waals surface area contributed by atoms with Crippen molar-refractivity contribution in [1.82, 2.24) is 10.6 Å². The molecule has 0 saturated carbocycles. The molecule has 0 rings (SSSR count). The van der Waals surface area contributed by atoms with Gasteiger partial charge in [0.25, 0.3) is 0 Å². The minimum atomic E-state index is -0.590. The van der Waals surface area contributed by atoms with Crippen molar-refractivity contribution in [1.29, 1.82) is 0 Å². The van der Waals surface area contributed by atoms with E-state index in [2.05, 4.69) is 81.7 Å². The van der Waals surface area contributed by atoms with E-state index in [9.17, 15) is 19.2 Å². The number of carbonyl (C=O) groups is 4. The molecule has 10 nitrogen and oxygen atoms in total. The van der Waals surface area contributed by atoms with Crippen LogP contribution in [0.3, 0.4) is 0 Å². The van der Waals surface area contributed by atoms with Crippen molar-refractivity contribution in [2.45, 2.75) is 142 Å². The molecule has 294 valence electrons. The van der Waals surface area contributed by atoms with Crippen molar-refractivity contribution in [2.24, 2.45) is 0 Å². The Hall–Kier alpha value is -5.16. The second kappa shape index (κ2) is 40.6. The molecule has 0 radical (unpaired) electrons. The number of ether oxygens (including phenoxy) is 4. The molecule has 0 fully saturated rings. The van der Waals surface area contributed by atoms with E-state index >= 15 is 0 Å². The lowest BCUT2D eigenvalue weighted by atomic mass is 10.1. The monoisotopic (exact) mass is 744 g/mol. The fraction of sp³-hybridized carbons (Fsp3) is 0.636. The maximum absolute atomic E-state index is 11.6. The highest BCUT2D eigenvalue weighted by molar-refractivity contribution is 5.78. The average molecular weight is 745 g/mol. The fourth-order valence-electron chi connectivity index (χ4n) is 4.35. The van der Waals surface area contributed by atoms with Crippen LogP contribution in [0.2, 0.25) is 0 Å². The van der Waals surface area contributed by atoms with Crippen molar-refractivity contribution in [2.75, 3.05) is 39.5 Å². The van der Waals surface area contributed by atoms with Crippen LogP contribution in [0.15, 0.2) is 0 Å². The van der Waals surface area contributed by atoms with E-state index < -0.39 is 24.1 Å². The topological polar surface area (TPSA) is 129 Å². The zero-order chi connectivity index (χ0) is 39.4. The molecule has 0 unspecified atom stereocenters. The van der Waals surface area contributed by atoms with Gasteiger partial charge in [-0.3, -0.25) is 9.59 Å². The van der Waals surface area contributed by atoms with Crippen molar-refractivity contribution in [3.8, 4) is 71.0 Å². The third-order valence-electron chi connectivity index (χ3n) is 7.37. The van der Waals surface area contributed by atoms with Gasteiger partial charge in [0.1, 0.15) is 13.1 Å². The van der Waals surface area contributed by atoms with Gasteiger partial charge in [-0.25, -0.2) is 9.59 Å². The van der Waals surface area contributed by atoms with Crippen LogP contribution >= 0.6 is 0 Å². The molecule has 0 aromatic rings. The number of hydrogen-bond donors (Lipinski definition) is 2. The predicted molar refractivity (Wildman–Crippen MR) is 211 cm³/mol. The number of esters is 2. The number of nitrogens with one attached hydrogen (secondary N) is 2. The largest absolute Gasteiger partial charge is 0.464 e. The van der Waals surface area contributed by atoms with E-state index in [1.165, 1.54) is 0 Å². The first kappa shape index (κ1) is 48.8. The SMILES string of the molecule is CCCCOC(=O)CNC(=O)OCCCCCCCCCC#CC#CC#CC#CC#CC#CCCCCCCCCCOC(=O)NCC(=O)OCCCC. The van der Waals surface area contributed by atoms with Crippen molar-refractivity contribution in [3.05, 3.63) is 0 Å². The van der Waals surface area contributed by atoms with E-state index in [0.29, 0.717) is 26.4 Å². The van der Waals surface area contributed by atoms with Crippen molar-refractivity contribution >= 4 is 24.1 Å². The summed E-state index contributed by atoms with van der Waals surface area (Å²) in [5.41, 5.74) is 0. The number of carbonyl (C=O) groups excluding carboxylic acids is 4. The van der Waals surface area contributed by atoms with Gasteiger partial charge in [0, 0.05) is 12.8 Å². The summed E-state index contributed by atoms with van der Waals surface area (Å²) < 4.78 is 20.1. The van der Waals surface area contributed by atoms with Crippen molar-refractivity contribution < 1.29 is 38.1 Å². The lowest BCUT2D eigenvalue weighted by Gasteiger charge is -2.07. The zero-order valence-electron chi connectivity index (χ0n) is 32.7. The van der Waals surface area contributed by atoms with E-state index in [4.69, 9.17) is 18.9 Å². The molecular weight excluding hydrogens is 684 g/mol. The molecule has 10 heteroatoms. The summed E-state index contributed by atoms with van der Waals surface area (Å²) in [6.07, 6.45) is 18.5. The number of alkyl carbamates (subject to hydrolysis) is 2. The summed E-state index contributed by atoms with van der Waals surface area (Å²) in [6, 6.07) is 0. The Balaban J connectivity index is 3.65.